The average Bonchev–Trinajstić information content (AvgIpc) is 2.97. The molecule has 0 aliphatic heterocycles. The molecule has 0 radical (unpaired) electrons. The van der Waals surface area contributed by atoms with Gasteiger partial charge in [-0.3, -0.25) is 10.1 Å². The van der Waals surface area contributed by atoms with Gasteiger partial charge in [-0.05, 0) is 37.7 Å². The van der Waals surface area contributed by atoms with Crippen molar-refractivity contribution in [2.45, 2.75) is 12.5 Å². The molecule has 0 spiro atoms. The van der Waals surface area contributed by atoms with Gasteiger partial charge in [0.05, 0.1) is 11.5 Å². The van der Waals surface area contributed by atoms with E-state index < -0.39 is 4.92 Å². The molecule has 7 heteroatoms. The molecule has 0 fully saturated rings. The molecule has 0 aliphatic rings. The molecule has 120 valence electrons. The maximum atomic E-state index is 10.6. The molecule has 0 saturated heterocycles. The summed E-state index contributed by atoms with van der Waals surface area (Å²) in [5.41, 5.74) is 0.0760. The van der Waals surface area contributed by atoms with Crippen LogP contribution in [-0.2, 0) is 0 Å². The van der Waals surface area contributed by atoms with Crippen LogP contribution in [0.15, 0.2) is 41.8 Å². The second-order valence-corrected chi connectivity index (χ2v) is 5.86. The molecule has 1 heterocycles. The normalized spacial score (nSPS) is 11.8. The fraction of sp³-hybridized carbons (Fsp3) is 0.333. The summed E-state index contributed by atoms with van der Waals surface area (Å²) < 4.78 is 5.67. The quantitative estimate of drug-likeness (QED) is 0.560. The van der Waals surface area contributed by atoms with Crippen LogP contribution in [0.1, 0.15) is 17.3 Å². The first-order valence-corrected chi connectivity index (χ1v) is 7.53. The summed E-state index contributed by atoms with van der Waals surface area (Å²) in [4.78, 5) is 13.7. The van der Waals surface area contributed by atoms with Crippen molar-refractivity contribution < 1.29 is 9.66 Å². The molecular weight excluding hydrogens is 324 g/mol. The van der Waals surface area contributed by atoms with Crippen LogP contribution in [0.2, 0.25) is 0 Å². The van der Waals surface area contributed by atoms with Crippen LogP contribution in [0.4, 0.5) is 5.69 Å². The van der Waals surface area contributed by atoms with Gasteiger partial charge >= 0.3 is 0 Å². The van der Waals surface area contributed by atoms with E-state index in [4.69, 9.17) is 4.74 Å². The van der Waals surface area contributed by atoms with Crippen molar-refractivity contribution in [3.05, 3.63) is 56.8 Å². The van der Waals surface area contributed by atoms with E-state index in [9.17, 15) is 10.1 Å². The highest BCUT2D eigenvalue weighted by molar-refractivity contribution is 7.10. The number of rotatable bonds is 7. The lowest BCUT2D eigenvalue weighted by molar-refractivity contribution is -0.384. The predicted octanol–water partition coefficient (Wildman–Crippen LogP) is 4.15. The minimum Gasteiger partial charge on any atom is -0.494 e. The highest BCUT2D eigenvalue weighted by Gasteiger charge is 2.15. The number of ether oxygens (including phenoxy) is 1. The zero-order chi connectivity index (χ0) is 15.2. The van der Waals surface area contributed by atoms with Crippen LogP contribution in [0.25, 0.3) is 0 Å². The summed E-state index contributed by atoms with van der Waals surface area (Å²) in [6.45, 7) is 0.568. The van der Waals surface area contributed by atoms with Crippen LogP contribution >= 0.6 is 23.7 Å². The Balaban J connectivity index is 0.00000242. The summed E-state index contributed by atoms with van der Waals surface area (Å²) in [5.74, 6) is 0.657. The minimum absolute atomic E-state index is 0. The van der Waals surface area contributed by atoms with Crippen molar-refractivity contribution in [1.82, 2.24) is 4.90 Å². The predicted molar refractivity (Wildman–Crippen MR) is 91.2 cm³/mol. The fourth-order valence-electron chi connectivity index (χ4n) is 2.09. The van der Waals surface area contributed by atoms with Crippen LogP contribution in [0.3, 0.4) is 0 Å². The van der Waals surface area contributed by atoms with Crippen LogP contribution in [-0.4, -0.2) is 30.5 Å². The van der Waals surface area contributed by atoms with Crippen LogP contribution < -0.4 is 4.74 Å². The molecule has 0 bridgehead atoms. The Morgan fingerprint density at radius 3 is 2.45 bits per heavy atom. The maximum Gasteiger partial charge on any atom is 0.269 e. The van der Waals surface area contributed by atoms with Gasteiger partial charge in [-0.1, -0.05) is 6.07 Å². The molecule has 0 saturated carbocycles. The number of halogens is 1. The summed E-state index contributed by atoms with van der Waals surface area (Å²) in [6.07, 6.45) is 0.866. The molecule has 1 aromatic carbocycles. The molecule has 2 rings (SSSR count). The van der Waals surface area contributed by atoms with Crippen molar-refractivity contribution >= 4 is 29.4 Å². The molecular formula is C15H19ClN2O3S. The summed E-state index contributed by atoms with van der Waals surface area (Å²) >= 11 is 1.74. The third-order valence-corrected chi connectivity index (χ3v) is 4.18. The Morgan fingerprint density at radius 1 is 1.27 bits per heavy atom. The summed E-state index contributed by atoms with van der Waals surface area (Å²) in [7, 11) is 4.10. The van der Waals surface area contributed by atoms with Gasteiger partial charge in [0, 0.05) is 29.5 Å². The first-order valence-electron chi connectivity index (χ1n) is 6.65. The van der Waals surface area contributed by atoms with Gasteiger partial charge in [-0.2, -0.15) is 0 Å². The Labute approximate surface area is 140 Å². The lowest BCUT2D eigenvalue weighted by Crippen LogP contribution is -2.21. The number of hydrogen-bond donors (Lipinski definition) is 0. The van der Waals surface area contributed by atoms with E-state index in [0.29, 0.717) is 18.4 Å². The number of benzene rings is 1. The monoisotopic (exact) mass is 342 g/mol. The topological polar surface area (TPSA) is 55.6 Å². The highest BCUT2D eigenvalue weighted by atomic mass is 35.5. The minimum atomic E-state index is -0.414. The number of non-ortho nitro benzene ring substituents is 1. The highest BCUT2D eigenvalue weighted by Crippen LogP contribution is 2.26. The Bertz CT molecular complexity index is 573. The number of hydrogen-bond acceptors (Lipinski definition) is 5. The molecule has 2 aromatic rings. The first-order chi connectivity index (χ1) is 10.1. The Morgan fingerprint density at radius 2 is 1.95 bits per heavy atom. The standard InChI is InChI=1S/C15H18N2O3S.ClH/c1-16(2)14(15-4-3-11-21-15)9-10-20-13-7-5-12(6-8-13)17(18)19;/h3-8,11,14H,9-10H2,1-2H3;1H. The van der Waals surface area contributed by atoms with E-state index in [0.717, 1.165) is 6.42 Å². The van der Waals surface area contributed by atoms with E-state index in [1.807, 2.05) is 6.07 Å². The van der Waals surface area contributed by atoms with Crippen molar-refractivity contribution in [2.75, 3.05) is 20.7 Å². The van der Waals surface area contributed by atoms with Crippen molar-refractivity contribution in [2.24, 2.45) is 0 Å². The molecule has 1 unspecified atom stereocenters. The zero-order valence-corrected chi connectivity index (χ0v) is 14.1. The molecule has 1 aromatic heterocycles. The molecule has 5 nitrogen and oxygen atoms in total. The molecule has 0 aliphatic carbocycles. The van der Waals surface area contributed by atoms with Gasteiger partial charge in [0.2, 0.25) is 0 Å². The number of thiophene rings is 1. The zero-order valence-electron chi connectivity index (χ0n) is 12.5. The lowest BCUT2D eigenvalue weighted by atomic mass is 10.1. The number of nitrogens with zero attached hydrogens (tertiary/aromatic N) is 2. The second kappa shape index (κ2) is 8.73. The summed E-state index contributed by atoms with van der Waals surface area (Å²) in [5, 5.41) is 12.7. The van der Waals surface area contributed by atoms with E-state index in [1.54, 1.807) is 23.5 Å². The van der Waals surface area contributed by atoms with E-state index in [2.05, 4.69) is 30.4 Å². The van der Waals surface area contributed by atoms with Crippen molar-refractivity contribution in [1.29, 1.82) is 0 Å². The third-order valence-electron chi connectivity index (χ3n) is 3.20. The molecule has 1 atom stereocenters. The molecule has 0 amide bonds. The fourth-order valence-corrected chi connectivity index (χ4v) is 3.05. The van der Waals surface area contributed by atoms with Crippen LogP contribution in [0.5, 0.6) is 5.75 Å². The Kier molecular flexibility index (Phi) is 7.31. The maximum absolute atomic E-state index is 10.6. The van der Waals surface area contributed by atoms with E-state index in [1.165, 1.54) is 17.0 Å². The third kappa shape index (κ3) is 4.98. The lowest BCUT2D eigenvalue weighted by Gasteiger charge is -2.23. The summed E-state index contributed by atoms with van der Waals surface area (Å²) in [6, 6.07) is 10.7. The van der Waals surface area contributed by atoms with Crippen molar-refractivity contribution in [3.8, 4) is 5.75 Å². The van der Waals surface area contributed by atoms with Gasteiger partial charge in [0.1, 0.15) is 5.75 Å². The van der Waals surface area contributed by atoms with Gasteiger partial charge in [-0.25, -0.2) is 0 Å². The molecule has 0 N–H and O–H groups in total. The van der Waals surface area contributed by atoms with Gasteiger partial charge in [0.15, 0.2) is 0 Å². The van der Waals surface area contributed by atoms with Crippen LogP contribution in [0, 0.1) is 10.1 Å². The van der Waals surface area contributed by atoms with Gasteiger partial charge in [0.25, 0.3) is 5.69 Å². The molecule has 22 heavy (non-hydrogen) atoms. The SMILES string of the molecule is CN(C)C(CCOc1ccc([N+](=O)[O-])cc1)c1cccs1.Cl. The Hall–Kier alpha value is -1.63. The average molecular weight is 343 g/mol. The number of nitro benzene ring substituents is 1. The smallest absolute Gasteiger partial charge is 0.269 e. The van der Waals surface area contributed by atoms with Gasteiger partial charge < -0.3 is 9.64 Å². The number of nitro groups is 1. The largest absolute Gasteiger partial charge is 0.494 e. The van der Waals surface area contributed by atoms with Gasteiger partial charge in [-0.15, -0.1) is 23.7 Å². The first kappa shape index (κ1) is 18.4. The van der Waals surface area contributed by atoms with Crippen molar-refractivity contribution in [3.63, 3.8) is 0 Å². The second-order valence-electron chi connectivity index (χ2n) is 4.88. The van der Waals surface area contributed by atoms with E-state index in [-0.39, 0.29) is 18.1 Å². The van der Waals surface area contributed by atoms with E-state index >= 15 is 0 Å².